The number of nitrogens with zero attached hydrogens (tertiary/aromatic N) is 2. The van der Waals surface area contributed by atoms with Crippen LogP contribution in [0.2, 0.25) is 0 Å². The molecule has 64 heavy (non-hydrogen) atoms. The minimum Gasteiger partial charge on any atom is -0.370 e. The zero-order chi connectivity index (χ0) is 46.1. The van der Waals surface area contributed by atoms with E-state index in [0.717, 1.165) is 41.2 Å². The van der Waals surface area contributed by atoms with Gasteiger partial charge in [-0.2, -0.15) is 0 Å². The van der Waals surface area contributed by atoms with Crippen LogP contribution in [0.5, 0.6) is 0 Å². The van der Waals surface area contributed by atoms with Crippen molar-refractivity contribution in [1.29, 1.82) is 0 Å². The normalized spacial score (nSPS) is 18.3. The lowest BCUT2D eigenvalue weighted by Crippen LogP contribution is -2.64. The van der Waals surface area contributed by atoms with Gasteiger partial charge in [0.25, 0.3) is 0 Å². The molecule has 2 aliphatic carbocycles. The maximum Gasteiger partial charge on any atom is 0.246 e. The molecular formula is C49H65N9O6. The fourth-order valence-corrected chi connectivity index (χ4v) is 8.53. The Morgan fingerprint density at radius 2 is 1.53 bits per heavy atom. The van der Waals surface area contributed by atoms with Crippen molar-refractivity contribution in [3.63, 3.8) is 0 Å². The van der Waals surface area contributed by atoms with Crippen LogP contribution < -0.4 is 38.5 Å². The zero-order valence-corrected chi connectivity index (χ0v) is 37.2. The molecule has 3 atom stereocenters. The first-order chi connectivity index (χ1) is 30.8. The number of benzene rings is 3. The Bertz CT molecular complexity index is 2190. The Balaban J connectivity index is 1.43. The molecule has 0 unspecified atom stereocenters. The van der Waals surface area contributed by atoms with E-state index >= 15 is 0 Å². The summed E-state index contributed by atoms with van der Waals surface area (Å²) in [5.41, 5.74) is 18.1. The summed E-state index contributed by atoms with van der Waals surface area (Å²) in [5.74, 6) is -3.15. The Kier molecular flexibility index (Phi) is 18.0. The van der Waals surface area contributed by atoms with Gasteiger partial charge in [-0.25, -0.2) is 0 Å². The van der Waals surface area contributed by atoms with Crippen molar-refractivity contribution in [2.24, 2.45) is 28.1 Å². The maximum absolute atomic E-state index is 14.7. The molecule has 0 radical (unpaired) electrons. The largest absolute Gasteiger partial charge is 0.370 e. The first-order valence-corrected chi connectivity index (χ1v) is 22.5. The standard InChI is InChI=1S/C49H65N9O6/c1-3-4-21-43(60)57-49(26-24-37(25-27-49)35-16-9-6-10-17-35)47(64)56-40(30-33-14-7-5-8-15-33)44(61)55-39(20-13-28-53-48(51)52)46(63)58(2)41(45(62)54-32-42(50)59)31-34-22-23-36-18-11-12-19-38(36)29-34/h5,7-9,11-12,14-19,22-23,29,37,39-41H,3-4,6,10,13,20-21,24-28,30-32H2,1-2H3,(H2,50,59)(H,54,62)(H,55,61)(H,56,64)(H,57,60)(H4,51,52,53)/t37?,39-,40+,41-,49?/m0/s1. The van der Waals surface area contributed by atoms with E-state index < -0.39 is 59.7 Å². The molecule has 3 aromatic carbocycles. The molecule has 1 fully saturated rings. The second-order valence-corrected chi connectivity index (χ2v) is 17.0. The van der Waals surface area contributed by atoms with Crippen molar-refractivity contribution < 1.29 is 28.8 Å². The number of nitrogens with one attached hydrogen (secondary N) is 4. The third-order valence-electron chi connectivity index (χ3n) is 12.2. The molecule has 0 heterocycles. The fraction of sp³-hybridized carbons (Fsp3) is 0.449. The second-order valence-electron chi connectivity index (χ2n) is 17.0. The van der Waals surface area contributed by atoms with Crippen LogP contribution in [0.1, 0.15) is 88.7 Å². The van der Waals surface area contributed by atoms with Crippen molar-refractivity contribution in [3.05, 3.63) is 108 Å². The van der Waals surface area contributed by atoms with E-state index in [2.05, 4.69) is 44.5 Å². The summed E-state index contributed by atoms with van der Waals surface area (Å²) in [6.07, 6.45) is 13.0. The molecular weight excluding hydrogens is 811 g/mol. The summed E-state index contributed by atoms with van der Waals surface area (Å²) in [4.78, 5) is 88.2. The van der Waals surface area contributed by atoms with E-state index in [0.29, 0.717) is 32.1 Å². The summed E-state index contributed by atoms with van der Waals surface area (Å²) >= 11 is 0. The third-order valence-corrected chi connectivity index (χ3v) is 12.2. The molecule has 5 rings (SSSR count). The number of rotatable bonds is 22. The monoisotopic (exact) mass is 876 g/mol. The average molecular weight is 876 g/mol. The Morgan fingerprint density at radius 1 is 0.812 bits per heavy atom. The van der Waals surface area contributed by atoms with E-state index in [1.165, 1.54) is 17.5 Å². The van der Waals surface area contributed by atoms with Crippen LogP contribution in [0.3, 0.4) is 0 Å². The number of likely N-dealkylation sites (N-methyl/N-ethyl adjacent to an activating group) is 1. The molecule has 0 bridgehead atoms. The molecule has 0 aliphatic heterocycles. The number of fused-ring (bicyclic) bond motifs is 1. The van der Waals surface area contributed by atoms with Crippen molar-refractivity contribution in [3.8, 4) is 0 Å². The molecule has 15 heteroatoms. The highest BCUT2D eigenvalue weighted by Crippen LogP contribution is 2.38. The quantitative estimate of drug-likeness (QED) is 0.0446. The molecule has 0 saturated heterocycles. The van der Waals surface area contributed by atoms with Crippen molar-refractivity contribution in [2.45, 2.75) is 114 Å². The number of carbonyl (C=O) groups excluding carboxylic acids is 6. The topological polar surface area (TPSA) is 244 Å². The number of aliphatic imine (C=N–C) groups is 1. The molecule has 3 aromatic rings. The summed E-state index contributed by atoms with van der Waals surface area (Å²) < 4.78 is 0. The Labute approximate surface area is 376 Å². The van der Waals surface area contributed by atoms with Gasteiger partial charge in [-0.1, -0.05) is 104 Å². The number of hydrogen-bond donors (Lipinski definition) is 7. The predicted octanol–water partition coefficient (Wildman–Crippen LogP) is 3.59. The van der Waals surface area contributed by atoms with E-state index in [1.807, 2.05) is 79.7 Å². The summed E-state index contributed by atoms with van der Waals surface area (Å²) in [7, 11) is 1.47. The van der Waals surface area contributed by atoms with Crippen LogP contribution in [-0.4, -0.2) is 90.1 Å². The van der Waals surface area contributed by atoms with E-state index in [-0.39, 0.29) is 56.4 Å². The number of amides is 6. The summed E-state index contributed by atoms with van der Waals surface area (Å²) in [5, 5.41) is 13.5. The number of guanidine groups is 1. The van der Waals surface area contributed by atoms with E-state index in [1.54, 1.807) is 0 Å². The van der Waals surface area contributed by atoms with Gasteiger partial charge in [0.1, 0.15) is 23.7 Å². The molecule has 0 aromatic heterocycles. The lowest BCUT2D eigenvalue weighted by atomic mass is 9.72. The molecule has 342 valence electrons. The Hall–Kier alpha value is -6.51. The number of carbonyl (C=O) groups is 6. The van der Waals surface area contributed by atoms with Gasteiger partial charge in [0.15, 0.2) is 5.96 Å². The van der Waals surface area contributed by atoms with Gasteiger partial charge in [-0.3, -0.25) is 33.8 Å². The van der Waals surface area contributed by atoms with Crippen LogP contribution in [-0.2, 0) is 41.6 Å². The van der Waals surface area contributed by atoms with Crippen LogP contribution >= 0.6 is 0 Å². The van der Waals surface area contributed by atoms with Crippen LogP contribution in [0.15, 0.2) is 102 Å². The maximum atomic E-state index is 14.7. The van der Waals surface area contributed by atoms with Gasteiger partial charge in [0.05, 0.1) is 6.54 Å². The molecule has 0 spiro atoms. The highest BCUT2D eigenvalue weighted by molar-refractivity contribution is 5.97. The number of unbranched alkanes of at least 4 members (excludes halogenated alkanes) is 1. The molecule has 10 N–H and O–H groups in total. The van der Waals surface area contributed by atoms with Gasteiger partial charge in [-0.05, 0) is 91.2 Å². The zero-order valence-electron chi connectivity index (χ0n) is 37.2. The van der Waals surface area contributed by atoms with Gasteiger partial charge >= 0.3 is 0 Å². The van der Waals surface area contributed by atoms with E-state index in [4.69, 9.17) is 17.2 Å². The summed E-state index contributed by atoms with van der Waals surface area (Å²) in [6.45, 7) is 1.72. The number of nitrogens with two attached hydrogens (primary N) is 3. The van der Waals surface area contributed by atoms with Crippen molar-refractivity contribution in [1.82, 2.24) is 26.2 Å². The second kappa shape index (κ2) is 23.8. The lowest BCUT2D eigenvalue weighted by Gasteiger charge is -2.41. The first kappa shape index (κ1) is 48.5. The number of hydrogen-bond acceptors (Lipinski definition) is 7. The average Bonchev–Trinajstić information content (AvgIpc) is 3.30. The molecule has 2 aliphatic rings. The molecule has 1 saturated carbocycles. The van der Waals surface area contributed by atoms with Crippen LogP contribution in [0.25, 0.3) is 10.8 Å². The van der Waals surface area contributed by atoms with Gasteiger partial charge in [-0.15, -0.1) is 0 Å². The summed E-state index contributed by atoms with van der Waals surface area (Å²) in [6, 6.07) is 19.2. The highest BCUT2D eigenvalue weighted by atomic mass is 16.2. The predicted molar refractivity (Wildman–Crippen MR) is 249 cm³/mol. The molecule has 6 amide bonds. The minimum absolute atomic E-state index is 0.0758. The van der Waals surface area contributed by atoms with Gasteiger partial charge in [0.2, 0.25) is 35.4 Å². The smallest absolute Gasteiger partial charge is 0.246 e. The highest BCUT2D eigenvalue weighted by Gasteiger charge is 2.45. The van der Waals surface area contributed by atoms with Gasteiger partial charge < -0.3 is 43.4 Å². The molecule has 15 nitrogen and oxygen atoms in total. The van der Waals surface area contributed by atoms with E-state index in [9.17, 15) is 28.8 Å². The lowest BCUT2D eigenvalue weighted by molar-refractivity contribution is -0.143. The number of primary amides is 1. The SMILES string of the molecule is CCCCC(=O)NC1(C(=O)N[C@H](Cc2ccccc2)C(=O)N[C@@H](CCCN=C(N)N)C(=O)N(C)[C@@H](Cc2ccc3ccccc3c2)C(=O)NCC(N)=O)CCC(C2=CCCC=C2)CC1. The Morgan fingerprint density at radius 3 is 2.20 bits per heavy atom. The van der Waals surface area contributed by atoms with Crippen LogP contribution in [0, 0.1) is 5.92 Å². The minimum atomic E-state index is -1.25. The first-order valence-electron chi connectivity index (χ1n) is 22.5. The fourth-order valence-electron chi connectivity index (χ4n) is 8.53. The van der Waals surface area contributed by atoms with Gasteiger partial charge in [0, 0.05) is 32.9 Å². The number of allylic oxidation sites excluding steroid dienone is 4. The van der Waals surface area contributed by atoms with Crippen molar-refractivity contribution >= 4 is 52.2 Å². The van der Waals surface area contributed by atoms with Crippen molar-refractivity contribution in [2.75, 3.05) is 20.1 Å². The third kappa shape index (κ3) is 14.0. The van der Waals surface area contributed by atoms with Crippen LogP contribution in [0.4, 0.5) is 0 Å².